The first-order valence-electron chi connectivity index (χ1n) is 9.02. The molecule has 1 saturated carbocycles. The number of hydrogen-bond acceptors (Lipinski definition) is 8. The zero-order chi connectivity index (χ0) is 20.3. The second kappa shape index (κ2) is 6.42. The van der Waals surface area contributed by atoms with Gasteiger partial charge in [0.25, 0.3) is 5.56 Å². The van der Waals surface area contributed by atoms with E-state index in [1.807, 2.05) is 6.92 Å². The molecule has 150 valence electrons. The zero-order valence-corrected chi connectivity index (χ0v) is 17.0. The molecule has 4 N–H and O–H groups in total. The summed E-state index contributed by atoms with van der Waals surface area (Å²) < 4.78 is 26.7. The lowest BCUT2D eigenvalue weighted by Gasteiger charge is -2.34. The third kappa shape index (κ3) is 2.96. The Morgan fingerprint density at radius 3 is 2.83 bits per heavy atom. The van der Waals surface area contributed by atoms with Crippen LogP contribution in [0.5, 0.6) is 5.75 Å². The Morgan fingerprint density at radius 2 is 2.07 bits per heavy atom. The smallest absolute Gasteiger partial charge is 0.286 e. The van der Waals surface area contributed by atoms with Gasteiger partial charge in [-0.15, -0.1) is 15.7 Å². The molecule has 5 rings (SSSR count). The molecule has 0 unspecified atom stereocenters. The highest BCUT2D eigenvalue weighted by molar-refractivity contribution is 8.23. The molecule has 2 aromatic heterocycles. The van der Waals surface area contributed by atoms with Crippen LogP contribution < -0.4 is 10.9 Å². The van der Waals surface area contributed by atoms with E-state index in [1.165, 1.54) is 16.0 Å². The van der Waals surface area contributed by atoms with Crippen LogP contribution in [0.25, 0.3) is 10.2 Å². The number of rotatable bonds is 3. The molecule has 1 aliphatic carbocycles. The molecule has 8 nitrogen and oxygen atoms in total. The number of aromatic nitrogens is 1. The number of hydrogen-bond donors (Lipinski definition) is 4. The van der Waals surface area contributed by atoms with Gasteiger partial charge in [-0.25, -0.2) is 0 Å². The highest BCUT2D eigenvalue weighted by Gasteiger charge is 2.31. The monoisotopic (exact) mass is 430 g/mol. The van der Waals surface area contributed by atoms with Crippen LogP contribution in [0, 0.1) is 5.92 Å². The van der Waals surface area contributed by atoms with E-state index in [0.29, 0.717) is 21.8 Å². The molecule has 0 bridgehead atoms. The molecule has 0 amide bonds. The Labute approximate surface area is 171 Å². The normalized spacial score (nSPS) is 19.4. The molecule has 1 fully saturated rings. The molecule has 0 atom stereocenters. The average Bonchev–Trinajstić information content (AvgIpc) is 3.41. The fourth-order valence-corrected chi connectivity index (χ4v) is 5.36. The zero-order valence-electron chi connectivity index (χ0n) is 15.4. The maximum Gasteiger partial charge on any atom is 0.286 e. The molecule has 0 radical (unpaired) electrons. The highest BCUT2D eigenvalue weighted by Crippen LogP contribution is 2.55. The van der Waals surface area contributed by atoms with Gasteiger partial charge in [0.1, 0.15) is 10.5 Å². The van der Waals surface area contributed by atoms with E-state index in [1.54, 1.807) is 35.7 Å². The Balaban J connectivity index is 1.75. The molecule has 10 heteroatoms. The van der Waals surface area contributed by atoms with Crippen LogP contribution in [-0.2, 0) is 0 Å². The number of anilines is 1. The van der Waals surface area contributed by atoms with Crippen LogP contribution in [0.3, 0.4) is 0 Å². The van der Waals surface area contributed by atoms with E-state index < -0.39 is 16.3 Å². The fraction of sp³-hybridized carbons (Fsp3) is 0.211. The Bertz CT molecular complexity index is 1270. The summed E-state index contributed by atoms with van der Waals surface area (Å²) in [4.78, 5) is 13.6. The molecule has 0 saturated heterocycles. The first-order chi connectivity index (χ1) is 13.9. The lowest BCUT2D eigenvalue weighted by Crippen LogP contribution is -2.31. The van der Waals surface area contributed by atoms with Gasteiger partial charge in [-0.05, 0) is 49.3 Å². The van der Waals surface area contributed by atoms with Crippen molar-refractivity contribution in [2.45, 2.75) is 24.7 Å². The first-order valence-corrected chi connectivity index (χ1v) is 11.4. The van der Waals surface area contributed by atoms with Crippen LogP contribution in [0.4, 0.5) is 5.69 Å². The number of benzene rings is 1. The molecule has 2 aliphatic rings. The molecule has 1 aliphatic heterocycles. The average molecular weight is 431 g/mol. The standard InChI is InChI=1S/C19H18N4O4S2/c1-10(11-6-7-11)21-23-13-8-9-28-17(13)16(24)15(19(23)25)18-20-12-4-2-3-5-14(12)29(26,27)22-18/h2-5,8-9,11,24,26-27H,6-7H2,1H3,(H,20,22)/b21-10+. The number of pyridine rings is 1. The minimum absolute atomic E-state index is 0.0884. The SMILES string of the molecule is C/C(=N\n1c(=O)c(C2=NS(O)(O)c3ccccc3N2)c(O)c2sccc21)C1CC1. The Morgan fingerprint density at radius 1 is 1.31 bits per heavy atom. The minimum Gasteiger partial charge on any atom is -0.505 e. The number of amidine groups is 1. The summed E-state index contributed by atoms with van der Waals surface area (Å²) in [6.45, 7) is 1.89. The Kier molecular flexibility index (Phi) is 4.07. The van der Waals surface area contributed by atoms with Gasteiger partial charge in [-0.3, -0.25) is 13.9 Å². The van der Waals surface area contributed by atoms with Crippen molar-refractivity contribution >= 4 is 49.6 Å². The molecule has 1 aromatic carbocycles. The van der Waals surface area contributed by atoms with Crippen LogP contribution >= 0.6 is 22.1 Å². The van der Waals surface area contributed by atoms with Crippen molar-refractivity contribution in [1.29, 1.82) is 0 Å². The van der Waals surface area contributed by atoms with Gasteiger partial charge in [0, 0.05) is 5.71 Å². The molecular formula is C19H18N4O4S2. The van der Waals surface area contributed by atoms with Crippen molar-refractivity contribution in [3.63, 3.8) is 0 Å². The van der Waals surface area contributed by atoms with Crippen molar-refractivity contribution in [3.8, 4) is 5.75 Å². The molecule has 3 aromatic rings. The predicted molar refractivity (Wildman–Crippen MR) is 117 cm³/mol. The third-order valence-corrected chi connectivity index (χ3v) is 7.34. The van der Waals surface area contributed by atoms with Gasteiger partial charge in [0.05, 0.1) is 15.9 Å². The predicted octanol–water partition coefficient (Wildman–Crippen LogP) is 4.30. The summed E-state index contributed by atoms with van der Waals surface area (Å²) in [5.41, 5.74) is 1.07. The van der Waals surface area contributed by atoms with E-state index in [2.05, 4.69) is 14.8 Å². The summed E-state index contributed by atoms with van der Waals surface area (Å²) in [6.07, 6.45) is 2.10. The van der Waals surface area contributed by atoms with E-state index in [9.17, 15) is 19.0 Å². The van der Waals surface area contributed by atoms with Gasteiger partial charge < -0.3 is 10.4 Å². The number of nitrogens with zero attached hydrogens (tertiary/aromatic N) is 3. The quantitative estimate of drug-likeness (QED) is 0.462. The minimum atomic E-state index is -3.52. The van der Waals surface area contributed by atoms with Gasteiger partial charge in [-0.1, -0.05) is 22.9 Å². The van der Waals surface area contributed by atoms with Crippen molar-refractivity contribution in [2.75, 3.05) is 5.32 Å². The number of thiophene rings is 1. The second-order valence-corrected chi connectivity index (χ2v) is 9.65. The maximum atomic E-state index is 13.3. The van der Waals surface area contributed by atoms with Crippen molar-refractivity contribution < 1.29 is 14.2 Å². The lowest BCUT2D eigenvalue weighted by molar-refractivity contribution is 0.478. The topological polar surface area (TPSA) is 119 Å². The largest absolute Gasteiger partial charge is 0.505 e. The van der Waals surface area contributed by atoms with Crippen LogP contribution in [-0.4, -0.2) is 30.4 Å². The molecule has 29 heavy (non-hydrogen) atoms. The summed E-state index contributed by atoms with van der Waals surface area (Å²) >= 11 is 1.27. The lowest BCUT2D eigenvalue weighted by atomic mass is 10.2. The van der Waals surface area contributed by atoms with Gasteiger partial charge in [-0.2, -0.15) is 9.78 Å². The summed E-state index contributed by atoms with van der Waals surface area (Å²) in [5.74, 6) is 0.0303. The first kappa shape index (κ1) is 18.4. The fourth-order valence-electron chi connectivity index (χ4n) is 3.37. The molecule has 3 heterocycles. The summed E-state index contributed by atoms with van der Waals surface area (Å²) in [6, 6.07) is 8.35. The van der Waals surface area contributed by atoms with Crippen LogP contribution in [0.2, 0.25) is 0 Å². The van der Waals surface area contributed by atoms with Crippen LogP contribution in [0.15, 0.2) is 54.9 Å². The number of nitrogens with one attached hydrogen (secondary N) is 1. The van der Waals surface area contributed by atoms with E-state index >= 15 is 0 Å². The number of fused-ring (bicyclic) bond motifs is 2. The van der Waals surface area contributed by atoms with Crippen molar-refractivity contribution in [1.82, 2.24) is 4.68 Å². The van der Waals surface area contributed by atoms with E-state index in [-0.39, 0.29) is 22.0 Å². The van der Waals surface area contributed by atoms with Gasteiger partial charge in [0.15, 0.2) is 11.6 Å². The molecular weight excluding hydrogens is 412 g/mol. The van der Waals surface area contributed by atoms with E-state index in [0.717, 1.165) is 18.6 Å². The Hall–Kier alpha value is -2.66. The maximum absolute atomic E-state index is 13.3. The summed E-state index contributed by atoms with van der Waals surface area (Å²) in [5, 5.41) is 20.1. The van der Waals surface area contributed by atoms with Crippen LogP contribution in [0.1, 0.15) is 25.3 Å². The van der Waals surface area contributed by atoms with Crippen molar-refractivity contribution in [3.05, 3.63) is 51.6 Å². The van der Waals surface area contributed by atoms with E-state index in [4.69, 9.17) is 0 Å². The molecule has 0 spiro atoms. The summed E-state index contributed by atoms with van der Waals surface area (Å²) in [7, 11) is -3.52. The second-order valence-electron chi connectivity index (χ2n) is 7.07. The van der Waals surface area contributed by atoms with Gasteiger partial charge >= 0.3 is 0 Å². The van der Waals surface area contributed by atoms with Crippen molar-refractivity contribution in [2.24, 2.45) is 15.4 Å². The highest BCUT2D eigenvalue weighted by atomic mass is 32.3. The third-order valence-electron chi connectivity index (χ3n) is 5.05. The number of para-hydroxylation sites is 1. The van der Waals surface area contributed by atoms with Gasteiger partial charge in [0.2, 0.25) is 0 Å². The number of aromatic hydroxyl groups is 1.